The average molecular weight is 210 g/mol. The van der Waals surface area contributed by atoms with Crippen molar-refractivity contribution in [2.45, 2.75) is 0 Å². The fourth-order valence-electron chi connectivity index (χ4n) is 0.215. The standard InChI is InChI=1S/C3H4N2.2Na.H3O4P/c1-2-5-3-4-1;;;1-5(2,3)4/h1-3H,(H,4,5);;;(H3,1,2,3,4)/q;2*+1;/p-2. The maximum absolute atomic E-state index is 8.66. The van der Waals surface area contributed by atoms with Gasteiger partial charge in [0.05, 0.1) is 14.2 Å². The molecule has 0 aliphatic heterocycles. The maximum atomic E-state index is 8.66. The molecule has 0 atom stereocenters. The molecule has 1 aromatic heterocycles. The Kier molecular flexibility index (Phi) is 16.5. The number of nitrogens with one attached hydrogen (secondary N) is 1. The first-order valence-corrected chi connectivity index (χ1v) is 3.67. The van der Waals surface area contributed by atoms with Gasteiger partial charge in [-0.2, -0.15) is 0 Å². The molecule has 0 radical (unpaired) electrons. The molecule has 1 aromatic rings. The van der Waals surface area contributed by atoms with Crippen molar-refractivity contribution >= 4 is 7.82 Å². The van der Waals surface area contributed by atoms with Gasteiger partial charge in [0.15, 0.2) is 0 Å². The fourth-order valence-corrected chi connectivity index (χ4v) is 0.215. The molecule has 0 aliphatic carbocycles. The van der Waals surface area contributed by atoms with Crippen LogP contribution in [-0.4, -0.2) is 14.9 Å². The Balaban J connectivity index is -0.000000116. The van der Waals surface area contributed by atoms with Crippen molar-refractivity contribution in [3.8, 4) is 0 Å². The molecule has 6 nitrogen and oxygen atoms in total. The van der Waals surface area contributed by atoms with E-state index in [2.05, 4.69) is 9.97 Å². The fraction of sp³-hybridized carbons (Fsp3) is 0. The molecule has 0 amide bonds. The number of aromatic amines is 1. The van der Waals surface area contributed by atoms with E-state index in [1.54, 1.807) is 18.7 Å². The summed E-state index contributed by atoms with van der Waals surface area (Å²) in [7, 11) is -5.14. The summed E-state index contributed by atoms with van der Waals surface area (Å²) in [5.41, 5.74) is 0. The second kappa shape index (κ2) is 10.4. The Morgan fingerprint density at radius 1 is 1.42 bits per heavy atom. The van der Waals surface area contributed by atoms with Gasteiger partial charge in [0.1, 0.15) is 0 Å². The smallest absolute Gasteiger partial charge is 0.790 e. The number of imidazole rings is 1. The minimum absolute atomic E-state index is 0. The number of nitrogens with zero attached hydrogens (tertiary/aromatic N) is 1. The first kappa shape index (κ1) is 19.0. The van der Waals surface area contributed by atoms with Crippen molar-refractivity contribution in [1.29, 1.82) is 0 Å². The molecule has 0 saturated heterocycles. The Bertz CT molecular complexity index is 175. The van der Waals surface area contributed by atoms with E-state index in [9.17, 15) is 0 Å². The zero-order valence-electron chi connectivity index (χ0n) is 6.80. The second-order valence-corrected chi connectivity index (χ2v) is 2.17. The van der Waals surface area contributed by atoms with Gasteiger partial charge in [-0.25, -0.2) is 4.98 Å². The Hall–Kier alpha value is 1.32. The van der Waals surface area contributed by atoms with Gasteiger partial charge in [0.25, 0.3) is 0 Å². The van der Waals surface area contributed by atoms with E-state index in [-0.39, 0.29) is 59.1 Å². The van der Waals surface area contributed by atoms with Crippen LogP contribution in [0.4, 0.5) is 0 Å². The molecule has 58 valence electrons. The van der Waals surface area contributed by atoms with Crippen molar-refractivity contribution in [3.05, 3.63) is 18.7 Å². The summed E-state index contributed by atoms with van der Waals surface area (Å²) in [6.07, 6.45) is 5.08. The SMILES string of the molecule is O=P([O-])([O-])O.[Na+].[Na+].c1c[nH]cn1. The van der Waals surface area contributed by atoms with Crippen molar-refractivity contribution in [1.82, 2.24) is 9.97 Å². The number of hydrogen-bond acceptors (Lipinski definition) is 4. The minimum Gasteiger partial charge on any atom is -0.790 e. The van der Waals surface area contributed by atoms with Crippen LogP contribution in [0.2, 0.25) is 0 Å². The third-order valence-electron chi connectivity index (χ3n) is 0.406. The predicted octanol–water partition coefficient (Wildman–Crippen LogP) is -7.77. The molecule has 2 N–H and O–H groups in total. The third-order valence-corrected chi connectivity index (χ3v) is 0.406. The molecule has 12 heavy (non-hydrogen) atoms. The van der Waals surface area contributed by atoms with E-state index in [4.69, 9.17) is 19.2 Å². The number of hydrogen-bond donors (Lipinski definition) is 2. The number of rotatable bonds is 0. The summed E-state index contributed by atoms with van der Waals surface area (Å²) < 4.78 is 8.66. The van der Waals surface area contributed by atoms with Crippen LogP contribution in [0.25, 0.3) is 0 Å². The van der Waals surface area contributed by atoms with Crippen molar-refractivity contribution in [2.24, 2.45) is 0 Å². The molecule has 0 aliphatic rings. The summed E-state index contributed by atoms with van der Waals surface area (Å²) >= 11 is 0. The number of phosphoric acid groups is 1. The molecule has 0 saturated carbocycles. The van der Waals surface area contributed by atoms with E-state index in [0.717, 1.165) is 0 Å². The van der Waals surface area contributed by atoms with Crippen LogP contribution in [0, 0.1) is 0 Å². The molecular formula is C3H5N2Na2O4P. The normalized spacial score (nSPS) is 8.25. The quantitative estimate of drug-likeness (QED) is 0.326. The number of aromatic nitrogens is 2. The monoisotopic (exact) mass is 210 g/mol. The van der Waals surface area contributed by atoms with Gasteiger partial charge in [-0.3, -0.25) is 0 Å². The zero-order chi connectivity index (χ0) is 8.04. The van der Waals surface area contributed by atoms with Crippen LogP contribution in [0.3, 0.4) is 0 Å². The van der Waals surface area contributed by atoms with Crippen LogP contribution in [0.15, 0.2) is 18.7 Å². The Morgan fingerprint density at radius 3 is 1.92 bits per heavy atom. The van der Waals surface area contributed by atoms with E-state index < -0.39 is 7.82 Å². The van der Waals surface area contributed by atoms with Gasteiger partial charge < -0.3 is 24.2 Å². The molecular weight excluding hydrogens is 205 g/mol. The molecule has 0 fully saturated rings. The molecule has 0 unspecified atom stereocenters. The molecule has 1 rings (SSSR count). The van der Waals surface area contributed by atoms with Crippen LogP contribution in [0.1, 0.15) is 0 Å². The van der Waals surface area contributed by atoms with Crippen LogP contribution < -0.4 is 68.9 Å². The van der Waals surface area contributed by atoms with Crippen LogP contribution >= 0.6 is 7.82 Å². The van der Waals surface area contributed by atoms with Crippen molar-refractivity contribution < 1.29 is 78.4 Å². The first-order valence-electron chi connectivity index (χ1n) is 2.17. The Morgan fingerprint density at radius 2 is 1.83 bits per heavy atom. The first-order chi connectivity index (χ1) is 4.50. The van der Waals surface area contributed by atoms with Crippen LogP contribution in [0.5, 0.6) is 0 Å². The summed E-state index contributed by atoms with van der Waals surface area (Å²) in [5, 5.41) is 0. The molecule has 0 aromatic carbocycles. The summed E-state index contributed by atoms with van der Waals surface area (Å²) in [6.45, 7) is 0. The summed E-state index contributed by atoms with van der Waals surface area (Å²) in [6, 6.07) is 0. The predicted molar refractivity (Wildman–Crippen MR) is 28.4 cm³/mol. The zero-order valence-corrected chi connectivity index (χ0v) is 11.7. The molecule has 0 spiro atoms. The largest absolute Gasteiger partial charge is 1.00 e. The average Bonchev–Trinajstić information content (AvgIpc) is 2.07. The van der Waals surface area contributed by atoms with E-state index in [0.29, 0.717) is 0 Å². The van der Waals surface area contributed by atoms with Gasteiger partial charge in [-0.15, -0.1) is 0 Å². The maximum Gasteiger partial charge on any atom is 1.00 e. The second-order valence-electron chi connectivity index (χ2n) is 1.23. The van der Waals surface area contributed by atoms with Gasteiger partial charge in [0.2, 0.25) is 0 Å². The van der Waals surface area contributed by atoms with E-state index >= 15 is 0 Å². The summed E-state index contributed by atoms with van der Waals surface area (Å²) in [5.74, 6) is 0. The minimum atomic E-state index is -5.14. The van der Waals surface area contributed by atoms with Gasteiger partial charge >= 0.3 is 59.1 Å². The van der Waals surface area contributed by atoms with Gasteiger partial charge in [0, 0.05) is 12.4 Å². The van der Waals surface area contributed by atoms with Crippen molar-refractivity contribution in [3.63, 3.8) is 0 Å². The van der Waals surface area contributed by atoms with Crippen molar-refractivity contribution in [2.75, 3.05) is 0 Å². The summed E-state index contributed by atoms with van der Waals surface area (Å²) in [4.78, 5) is 30.7. The third kappa shape index (κ3) is 30.2. The van der Waals surface area contributed by atoms with E-state index in [1.165, 1.54) is 0 Å². The van der Waals surface area contributed by atoms with Crippen LogP contribution in [-0.2, 0) is 4.57 Å². The molecule has 1 heterocycles. The van der Waals surface area contributed by atoms with E-state index in [1.807, 2.05) is 0 Å². The topological polar surface area (TPSA) is 112 Å². The molecule has 0 bridgehead atoms. The van der Waals surface area contributed by atoms with Gasteiger partial charge in [-0.05, 0) is 0 Å². The number of H-pyrrole nitrogens is 1. The molecule has 9 heteroatoms. The Labute approximate surface area is 114 Å². The van der Waals surface area contributed by atoms with Gasteiger partial charge in [-0.1, -0.05) is 0 Å².